The van der Waals surface area contributed by atoms with Crippen molar-refractivity contribution in [2.24, 2.45) is 0 Å². The molecule has 15 heteroatoms. The zero-order chi connectivity index (χ0) is 43.7. The van der Waals surface area contributed by atoms with Gasteiger partial charge in [0.1, 0.15) is 11.5 Å². The van der Waals surface area contributed by atoms with E-state index >= 15 is 0 Å². The molecular formula is C46H53Br2ClN6O6. The molecule has 0 unspecified atom stereocenters. The van der Waals surface area contributed by atoms with Crippen molar-refractivity contribution in [1.82, 2.24) is 20.0 Å². The zero-order valence-corrected chi connectivity index (χ0v) is 39.0. The topological polar surface area (TPSA) is 115 Å². The van der Waals surface area contributed by atoms with Gasteiger partial charge in [0.15, 0.2) is 0 Å². The smallest absolute Gasteiger partial charge is 0.325 e. The molecule has 0 atom stereocenters. The molecule has 4 aliphatic heterocycles. The maximum Gasteiger partial charge on any atom is 0.325 e. The van der Waals surface area contributed by atoms with Gasteiger partial charge in [-0.05, 0) is 134 Å². The van der Waals surface area contributed by atoms with Crippen molar-refractivity contribution in [1.29, 1.82) is 0 Å². The first-order valence-corrected chi connectivity index (χ1v) is 22.3. The second kappa shape index (κ2) is 20.5. The number of nitrogens with zero attached hydrogens (tertiary/aromatic N) is 5. The molecule has 324 valence electrons. The van der Waals surface area contributed by atoms with E-state index in [-0.39, 0.29) is 34.3 Å². The second-order valence-corrected chi connectivity index (χ2v) is 18.1. The summed E-state index contributed by atoms with van der Waals surface area (Å²) >= 11 is 11.6. The van der Waals surface area contributed by atoms with Gasteiger partial charge in [-0.25, -0.2) is 9.59 Å². The molecule has 0 aromatic heterocycles. The predicted molar refractivity (Wildman–Crippen MR) is 246 cm³/mol. The molecule has 4 heterocycles. The molecule has 4 fully saturated rings. The number of nitrogens with one attached hydrogen (secondary N) is 1. The molecule has 2 spiro atoms. The first-order valence-electron chi connectivity index (χ1n) is 20.3. The van der Waals surface area contributed by atoms with Crippen LogP contribution in [0.2, 0.25) is 0 Å². The fourth-order valence-corrected chi connectivity index (χ4v) is 9.13. The van der Waals surface area contributed by atoms with Crippen LogP contribution in [0, 0.1) is 0 Å². The zero-order valence-electron chi connectivity index (χ0n) is 35.0. The molecule has 0 bridgehead atoms. The van der Waals surface area contributed by atoms with Crippen LogP contribution in [0.3, 0.4) is 0 Å². The summed E-state index contributed by atoms with van der Waals surface area (Å²) in [6.45, 7) is 8.61. The van der Waals surface area contributed by atoms with Crippen molar-refractivity contribution < 1.29 is 28.7 Å². The number of urea groups is 2. The van der Waals surface area contributed by atoms with Crippen molar-refractivity contribution in [2.75, 3.05) is 63.3 Å². The van der Waals surface area contributed by atoms with Crippen LogP contribution in [0.15, 0.2) is 106 Å². The molecule has 0 saturated carbocycles. The maximum absolute atomic E-state index is 13.6. The molecule has 4 aromatic rings. The number of ether oxygens (including phenoxy) is 2. The van der Waals surface area contributed by atoms with Gasteiger partial charge in [-0.1, -0.05) is 56.1 Å². The number of amides is 5. The lowest BCUT2D eigenvalue weighted by atomic mass is 9.86. The van der Waals surface area contributed by atoms with Gasteiger partial charge in [-0.15, -0.1) is 0 Å². The first kappa shape index (κ1) is 45.9. The van der Waals surface area contributed by atoms with Gasteiger partial charge in [0.25, 0.3) is 0 Å². The van der Waals surface area contributed by atoms with Crippen molar-refractivity contribution in [3.05, 3.63) is 117 Å². The third-order valence-corrected chi connectivity index (χ3v) is 12.9. The van der Waals surface area contributed by atoms with E-state index in [1.807, 2.05) is 111 Å². The van der Waals surface area contributed by atoms with Gasteiger partial charge < -0.3 is 29.5 Å². The number of piperidine rings is 2. The van der Waals surface area contributed by atoms with E-state index in [0.717, 1.165) is 88.3 Å². The minimum atomic E-state index is -0.361. The lowest BCUT2D eigenvalue weighted by Crippen LogP contribution is -2.54. The molecule has 1 N–H and O–H groups in total. The molecule has 4 aromatic carbocycles. The van der Waals surface area contributed by atoms with Crippen molar-refractivity contribution >= 4 is 78.0 Å². The first-order chi connectivity index (χ1) is 29.3. The summed E-state index contributed by atoms with van der Waals surface area (Å²) in [6, 6.07) is 31.8. The van der Waals surface area contributed by atoms with Crippen molar-refractivity contribution in [2.45, 2.75) is 63.7 Å². The Balaban J connectivity index is 0.000000189. The summed E-state index contributed by atoms with van der Waals surface area (Å²) < 4.78 is 12.7. The number of rotatable bonds is 8. The van der Waals surface area contributed by atoms with Gasteiger partial charge in [-0.2, -0.15) is 0 Å². The number of methoxy groups -OCH3 is 2. The summed E-state index contributed by atoms with van der Waals surface area (Å²) in [5, 5.41) is 3.07. The van der Waals surface area contributed by atoms with Crippen molar-refractivity contribution in [3.63, 3.8) is 0 Å². The average molecular weight is 981 g/mol. The fraction of sp³-hybridized carbons (Fsp3) is 0.391. The molecule has 5 amide bonds. The Bertz CT molecular complexity index is 2160. The summed E-state index contributed by atoms with van der Waals surface area (Å²) in [5.74, 6) is 1.70. The summed E-state index contributed by atoms with van der Waals surface area (Å²) in [5.41, 5.74) is 3.56. The summed E-state index contributed by atoms with van der Waals surface area (Å²) in [7, 11) is 3.32. The monoisotopic (exact) mass is 978 g/mol. The number of anilines is 2. The van der Waals surface area contributed by atoms with Crippen molar-refractivity contribution in [3.8, 4) is 11.5 Å². The number of halogens is 3. The van der Waals surface area contributed by atoms with Crippen LogP contribution in [-0.4, -0.2) is 102 Å². The third kappa shape index (κ3) is 11.1. The van der Waals surface area contributed by atoms with Crippen LogP contribution >= 0.6 is 43.5 Å². The Morgan fingerprint density at radius 2 is 1.05 bits per heavy atom. The molecule has 4 saturated heterocycles. The molecular weight excluding hydrogens is 928 g/mol. The molecule has 0 aliphatic carbocycles. The summed E-state index contributed by atoms with van der Waals surface area (Å²) in [4.78, 5) is 57.8. The fourth-order valence-electron chi connectivity index (χ4n) is 8.60. The van der Waals surface area contributed by atoms with Gasteiger partial charge in [-0.3, -0.25) is 19.4 Å². The van der Waals surface area contributed by atoms with Gasteiger partial charge in [0.05, 0.1) is 38.4 Å². The lowest BCUT2D eigenvalue weighted by molar-refractivity contribution is -0.131. The highest BCUT2D eigenvalue weighted by molar-refractivity contribution is 9.10. The van der Waals surface area contributed by atoms with Gasteiger partial charge >= 0.3 is 12.1 Å². The quantitative estimate of drug-likeness (QED) is 0.175. The van der Waals surface area contributed by atoms with E-state index in [4.69, 9.17) is 9.47 Å². The Kier molecular flexibility index (Phi) is 15.4. The van der Waals surface area contributed by atoms with Crippen LogP contribution in [0.25, 0.3) is 0 Å². The maximum atomic E-state index is 13.6. The summed E-state index contributed by atoms with van der Waals surface area (Å²) in [6.07, 6.45) is 3.48. The molecule has 12 nitrogen and oxygen atoms in total. The molecule has 8 rings (SSSR count). The van der Waals surface area contributed by atoms with Gasteiger partial charge in [0.2, 0.25) is 11.1 Å². The lowest BCUT2D eigenvalue weighted by Gasteiger charge is -2.43. The van der Waals surface area contributed by atoms with E-state index < -0.39 is 0 Å². The molecule has 4 aliphatic rings. The number of hydrogen-bond donors (Lipinski definition) is 1. The Morgan fingerprint density at radius 1 is 0.656 bits per heavy atom. The van der Waals surface area contributed by atoms with E-state index in [0.29, 0.717) is 32.7 Å². The van der Waals surface area contributed by atoms with Crippen LogP contribution in [0.4, 0.5) is 21.0 Å². The van der Waals surface area contributed by atoms with E-state index in [1.54, 1.807) is 21.1 Å². The van der Waals surface area contributed by atoms with E-state index in [9.17, 15) is 19.2 Å². The number of benzene rings is 4. The van der Waals surface area contributed by atoms with Crippen LogP contribution in [0.1, 0.15) is 50.7 Å². The highest BCUT2D eigenvalue weighted by atomic mass is 79.9. The number of carbonyl (C=O) groups is 4. The number of hydrogen-bond acceptors (Lipinski definition) is 7. The Labute approximate surface area is 380 Å². The SMILES string of the molecule is CC(=O)Cl.COc1cccc(CN2C(=O)N(c3ccc(Br)cc3)CC23CCN(C(C)=O)CC3)c1.COc1cccc(CN2C(=O)N(c3ccc(Br)cc3)CC23CCNCC3)c1. The minimum Gasteiger partial charge on any atom is -0.497 e. The van der Waals surface area contributed by atoms with E-state index in [2.05, 4.69) is 59.7 Å². The Morgan fingerprint density at radius 3 is 1.43 bits per heavy atom. The highest BCUT2D eigenvalue weighted by Crippen LogP contribution is 2.41. The van der Waals surface area contributed by atoms with Crippen LogP contribution in [0.5, 0.6) is 11.5 Å². The van der Waals surface area contributed by atoms with Crippen LogP contribution < -0.4 is 24.6 Å². The number of likely N-dealkylation sites (tertiary alicyclic amines) is 1. The normalized spacial score (nSPS) is 17.8. The largest absolute Gasteiger partial charge is 0.497 e. The number of carbonyl (C=O) groups excluding carboxylic acids is 4. The van der Waals surface area contributed by atoms with E-state index in [1.165, 1.54) is 6.92 Å². The van der Waals surface area contributed by atoms with Crippen LogP contribution in [-0.2, 0) is 22.7 Å². The third-order valence-electron chi connectivity index (χ3n) is 11.9. The second-order valence-electron chi connectivity index (χ2n) is 15.7. The highest BCUT2D eigenvalue weighted by Gasteiger charge is 2.52. The molecule has 61 heavy (non-hydrogen) atoms. The minimum absolute atomic E-state index is 0.0106. The Hall–Kier alpha value is -4.63. The van der Waals surface area contributed by atoms with Gasteiger partial charge in [0, 0.05) is 60.3 Å². The standard InChI is InChI=1S/C23H26BrN3O3.C21H24BrN3O2.C2H3ClO/c1-17(28)25-12-10-23(11-13-25)16-26(20-8-6-19(24)7-9-20)22(29)27(23)15-18-4-3-5-21(14-18)30-2;1-27-19-4-2-3-16(13-19)14-25-20(26)24(18-7-5-17(22)6-8-18)15-21(25)9-11-23-12-10-21;1-2(3)4/h3-9,14H,10-13,15-16H2,1-2H3;2-8,13,23H,9-12,14-15H2,1H3;1H3. The average Bonchev–Trinajstić information content (AvgIpc) is 3.66. The predicted octanol–water partition coefficient (Wildman–Crippen LogP) is 9.07. The molecule has 0 radical (unpaired) electrons.